The molecule has 0 aliphatic heterocycles. The molecule has 1 atom stereocenters. The molecule has 2 aliphatic rings. The monoisotopic (exact) mass is 808 g/mol. The van der Waals surface area contributed by atoms with E-state index in [0.717, 1.165) is 6.42 Å². The van der Waals surface area contributed by atoms with Gasteiger partial charge in [0.15, 0.2) is 0 Å². The number of fused-ring (bicyclic) bond motifs is 3. The Morgan fingerprint density at radius 3 is 1.46 bits per heavy atom. The number of hydrogen-bond donors (Lipinski definition) is 0. The molecule has 0 saturated heterocycles. The number of hydrogen-bond acceptors (Lipinski definition) is 0. The van der Waals surface area contributed by atoms with Gasteiger partial charge in [0.05, 0.1) is 0 Å². The molecule has 52 heavy (non-hydrogen) atoms. The van der Waals surface area contributed by atoms with Gasteiger partial charge in [-0.2, -0.15) is 0 Å². The fourth-order valence-electron chi connectivity index (χ4n) is 8.01. The van der Waals surface area contributed by atoms with Crippen molar-refractivity contribution in [2.75, 3.05) is 0 Å². The van der Waals surface area contributed by atoms with Gasteiger partial charge < -0.3 is 24.8 Å². The van der Waals surface area contributed by atoms with Crippen molar-refractivity contribution in [1.82, 2.24) is 0 Å². The van der Waals surface area contributed by atoms with Gasteiger partial charge in [0, 0.05) is 0 Å². The minimum atomic E-state index is -2.96. The summed E-state index contributed by atoms with van der Waals surface area (Å²) in [6.45, 7) is 33.0. The molecular formula is C49H60Cl2Zr. The van der Waals surface area contributed by atoms with E-state index >= 15 is 0 Å². The summed E-state index contributed by atoms with van der Waals surface area (Å²) in [6.07, 6.45) is 6.13. The largest absolute Gasteiger partial charge is 1.00 e. The molecule has 0 heterocycles. The molecule has 4 aromatic carbocycles. The Labute approximate surface area is 336 Å². The Kier molecular flexibility index (Phi) is 12.3. The molecule has 4 aromatic rings. The van der Waals surface area contributed by atoms with Gasteiger partial charge in [0.2, 0.25) is 0 Å². The Morgan fingerprint density at radius 2 is 1.04 bits per heavy atom. The van der Waals surface area contributed by atoms with E-state index in [2.05, 4.69) is 188 Å². The van der Waals surface area contributed by atoms with Crippen LogP contribution in [0.5, 0.6) is 0 Å². The molecule has 0 radical (unpaired) electrons. The maximum Gasteiger partial charge on any atom is -1.00 e. The van der Waals surface area contributed by atoms with Gasteiger partial charge in [-0.05, 0) is 0 Å². The molecule has 2 aliphatic carbocycles. The van der Waals surface area contributed by atoms with Crippen molar-refractivity contribution in [2.24, 2.45) is 5.92 Å². The SMILES string of the molecule is CC1=CC(C)[C]([Zr+2](=[C](c2ccc(C(C)(C)C)cc2)c2ccc(C(C)(C)C)cc2)[c]2c(C(C)(C)C)ccc3c2Cc2cc(C(C)(C)C)ccc2-3)=C1.[Cl-].[Cl-]. The molecule has 0 spiro atoms. The molecule has 274 valence electrons. The number of rotatable bonds is 4. The molecule has 0 amide bonds. The summed E-state index contributed by atoms with van der Waals surface area (Å²) in [6, 6.07) is 31.7. The van der Waals surface area contributed by atoms with Crippen LogP contribution in [0.3, 0.4) is 0 Å². The summed E-state index contributed by atoms with van der Waals surface area (Å²) >= 11 is -2.96. The zero-order chi connectivity index (χ0) is 36.6. The minimum absolute atomic E-state index is 0. The molecule has 0 N–H and O–H groups in total. The molecule has 3 heteroatoms. The molecule has 1 unspecified atom stereocenters. The summed E-state index contributed by atoms with van der Waals surface area (Å²) in [5.41, 5.74) is 16.3. The van der Waals surface area contributed by atoms with Gasteiger partial charge in [0.25, 0.3) is 0 Å². The minimum Gasteiger partial charge on any atom is -1.00 e. The zero-order valence-corrected chi connectivity index (χ0v) is 38.2. The van der Waals surface area contributed by atoms with Crippen molar-refractivity contribution in [1.29, 1.82) is 0 Å². The predicted molar refractivity (Wildman–Crippen MR) is 216 cm³/mol. The van der Waals surface area contributed by atoms with Gasteiger partial charge in [0.1, 0.15) is 0 Å². The predicted octanol–water partition coefficient (Wildman–Crippen LogP) is 6.45. The third-order valence-corrected chi connectivity index (χ3v) is 19.2. The van der Waals surface area contributed by atoms with Crippen molar-refractivity contribution >= 4 is 6.48 Å². The normalized spacial score (nSPS) is 15.4. The van der Waals surface area contributed by atoms with Crippen LogP contribution in [0.4, 0.5) is 0 Å². The molecule has 0 bridgehead atoms. The molecule has 0 aromatic heterocycles. The van der Waals surface area contributed by atoms with Crippen molar-refractivity contribution < 1.29 is 46.1 Å². The smallest absolute Gasteiger partial charge is 1.00 e. The number of benzene rings is 4. The van der Waals surface area contributed by atoms with Crippen molar-refractivity contribution in [3.63, 3.8) is 0 Å². The van der Waals surface area contributed by atoms with E-state index in [1.54, 1.807) is 20.9 Å². The summed E-state index contributed by atoms with van der Waals surface area (Å²) in [5, 5.41) is 0. The van der Waals surface area contributed by atoms with Crippen LogP contribution in [-0.2, 0) is 49.3 Å². The van der Waals surface area contributed by atoms with E-state index in [9.17, 15) is 0 Å². The average molecular weight is 811 g/mol. The van der Waals surface area contributed by atoms with Crippen LogP contribution in [0.15, 0.2) is 99.9 Å². The van der Waals surface area contributed by atoms with Gasteiger partial charge in [-0.15, -0.1) is 0 Å². The van der Waals surface area contributed by atoms with Crippen LogP contribution in [0.1, 0.15) is 141 Å². The van der Waals surface area contributed by atoms with Gasteiger partial charge in [-0.3, -0.25) is 0 Å². The summed E-state index contributed by atoms with van der Waals surface area (Å²) in [7, 11) is 0. The van der Waals surface area contributed by atoms with E-state index in [1.807, 2.05) is 0 Å². The van der Waals surface area contributed by atoms with Crippen molar-refractivity contribution in [3.8, 4) is 11.1 Å². The van der Waals surface area contributed by atoms with Gasteiger partial charge in [-0.25, -0.2) is 0 Å². The second-order valence-corrected chi connectivity index (χ2v) is 25.0. The fraction of sp³-hybridized carbons (Fsp3) is 0.408. The van der Waals surface area contributed by atoms with E-state index in [0.29, 0.717) is 5.92 Å². The summed E-state index contributed by atoms with van der Waals surface area (Å²) in [5.74, 6) is 0.432. The first-order valence-corrected chi connectivity index (χ1v) is 22.5. The van der Waals surface area contributed by atoms with Crippen LogP contribution in [0.25, 0.3) is 11.1 Å². The van der Waals surface area contributed by atoms with Crippen LogP contribution in [0.2, 0.25) is 0 Å². The number of halogens is 2. The quantitative estimate of drug-likeness (QED) is 0.196. The molecule has 0 saturated carbocycles. The summed E-state index contributed by atoms with van der Waals surface area (Å²) in [4.78, 5) is 0. The third-order valence-electron chi connectivity index (χ3n) is 11.0. The third kappa shape index (κ3) is 8.34. The Balaban J connectivity index is 0.00000302. The molecule has 0 nitrogen and oxygen atoms in total. The zero-order valence-electron chi connectivity index (χ0n) is 34.2. The van der Waals surface area contributed by atoms with Crippen LogP contribution < -0.4 is 28.1 Å². The van der Waals surface area contributed by atoms with Crippen LogP contribution in [0, 0.1) is 5.92 Å². The van der Waals surface area contributed by atoms with E-state index in [-0.39, 0.29) is 46.5 Å². The Morgan fingerprint density at radius 1 is 0.577 bits per heavy atom. The second-order valence-electron chi connectivity index (χ2n) is 19.3. The average Bonchev–Trinajstić information content (AvgIpc) is 3.55. The van der Waals surface area contributed by atoms with Crippen LogP contribution in [-0.4, -0.2) is 3.21 Å². The van der Waals surface area contributed by atoms with Gasteiger partial charge in [-0.1, -0.05) is 0 Å². The van der Waals surface area contributed by atoms with Crippen LogP contribution >= 0.6 is 0 Å². The maximum absolute atomic E-state index is 2.96. The first-order valence-electron chi connectivity index (χ1n) is 18.8. The standard InChI is InChI=1S/C21H25.C21H26.C7H9.2ClH.Zr/c1-20(2,3)16-7-9-18-14(12-16)11-15-13-17(21(4,5)6)8-10-19(15)18;1-20(2,3)18-11-7-16(8-12-18)15-17-9-13-19(14-10-17)21(4,5)6;1-6-3-4-7(2)5-6;;;/h7-10,12H,11H2,1-6H3;7-14H,1-6H3;3,5,7H,1-2H3;2*1H;/q;;;;;+2/p-2. The Hall–Kier alpha value is -2.31. The van der Waals surface area contributed by atoms with Gasteiger partial charge >= 0.3 is 314 Å². The Bertz CT molecular complexity index is 1980. The number of allylic oxidation sites excluding steroid dienone is 4. The first kappa shape index (κ1) is 42.4. The van der Waals surface area contributed by atoms with Crippen molar-refractivity contribution in [2.45, 2.75) is 125 Å². The van der Waals surface area contributed by atoms with E-state index in [1.165, 1.54) is 50.1 Å². The first-order chi connectivity index (χ1) is 23.1. The second kappa shape index (κ2) is 15.1. The molecular weight excluding hydrogens is 751 g/mol. The van der Waals surface area contributed by atoms with E-state index in [4.69, 9.17) is 0 Å². The molecule has 0 fully saturated rings. The molecule has 6 rings (SSSR count). The fourth-order valence-corrected chi connectivity index (χ4v) is 17.6. The van der Waals surface area contributed by atoms with Crippen molar-refractivity contribution in [3.05, 3.63) is 144 Å². The summed E-state index contributed by atoms with van der Waals surface area (Å²) < 4.78 is 5.02. The maximum atomic E-state index is 2.60. The van der Waals surface area contributed by atoms with E-state index < -0.39 is 21.3 Å². The topological polar surface area (TPSA) is 0 Å².